The number of morpholine rings is 1. The highest BCUT2D eigenvalue weighted by molar-refractivity contribution is 5.84. The van der Waals surface area contributed by atoms with Crippen molar-refractivity contribution < 1.29 is 9.53 Å². The lowest BCUT2D eigenvalue weighted by Gasteiger charge is -2.35. The summed E-state index contributed by atoms with van der Waals surface area (Å²) in [5, 5.41) is 3.27. The summed E-state index contributed by atoms with van der Waals surface area (Å²) < 4.78 is 5.50. The first-order valence-corrected chi connectivity index (χ1v) is 6.75. The summed E-state index contributed by atoms with van der Waals surface area (Å²) in [4.78, 5) is 13.9. The summed E-state index contributed by atoms with van der Waals surface area (Å²) in [6.07, 6.45) is 1.00. The number of rotatable bonds is 6. The van der Waals surface area contributed by atoms with Crippen molar-refractivity contribution in [3.63, 3.8) is 0 Å². The van der Waals surface area contributed by atoms with Crippen LogP contribution in [0.2, 0.25) is 0 Å². The average Bonchev–Trinajstić information content (AvgIpc) is 2.25. The van der Waals surface area contributed by atoms with E-state index in [1.54, 1.807) is 0 Å². The maximum atomic E-state index is 11.6. The van der Waals surface area contributed by atoms with Crippen molar-refractivity contribution in [2.24, 2.45) is 5.73 Å². The van der Waals surface area contributed by atoms with Crippen molar-refractivity contribution in [2.75, 3.05) is 26.2 Å². The molecule has 1 aliphatic heterocycles. The van der Waals surface area contributed by atoms with Crippen LogP contribution in [0.25, 0.3) is 0 Å². The lowest BCUT2D eigenvalue weighted by atomic mass is 9.95. The van der Waals surface area contributed by atoms with E-state index in [0.717, 1.165) is 32.7 Å². The molecule has 5 nitrogen and oxygen atoms in total. The van der Waals surface area contributed by atoms with Gasteiger partial charge in [-0.05, 0) is 34.1 Å². The van der Waals surface area contributed by atoms with Crippen LogP contribution in [-0.2, 0) is 9.53 Å². The third kappa shape index (κ3) is 4.55. The van der Waals surface area contributed by atoms with E-state index in [1.165, 1.54) is 0 Å². The molecular weight excluding hydrogens is 230 g/mol. The molecule has 1 fully saturated rings. The largest absolute Gasteiger partial charge is 0.376 e. The molecule has 0 spiro atoms. The fourth-order valence-electron chi connectivity index (χ4n) is 2.38. The molecule has 18 heavy (non-hydrogen) atoms. The smallest absolute Gasteiger partial charge is 0.237 e. The van der Waals surface area contributed by atoms with Gasteiger partial charge < -0.3 is 15.8 Å². The molecule has 0 saturated carbocycles. The summed E-state index contributed by atoms with van der Waals surface area (Å²) in [6.45, 7) is 11.5. The number of nitrogens with one attached hydrogen (secondary N) is 1. The zero-order chi connectivity index (χ0) is 13.8. The Labute approximate surface area is 110 Å². The van der Waals surface area contributed by atoms with Gasteiger partial charge in [-0.15, -0.1) is 0 Å². The zero-order valence-electron chi connectivity index (χ0n) is 12.0. The second kappa shape index (κ2) is 6.50. The van der Waals surface area contributed by atoms with Crippen molar-refractivity contribution in [3.8, 4) is 0 Å². The maximum Gasteiger partial charge on any atom is 0.237 e. The highest BCUT2D eigenvalue weighted by atomic mass is 16.5. The SMILES string of the molecule is CC(C)NC(C)(CCN1CCOC(C)C1)C(N)=O. The van der Waals surface area contributed by atoms with Gasteiger partial charge in [0.05, 0.1) is 18.2 Å². The predicted octanol–water partition coefficient (Wildman–Crippen LogP) is 0.339. The van der Waals surface area contributed by atoms with Crippen molar-refractivity contribution in [1.29, 1.82) is 0 Å². The quantitative estimate of drug-likeness (QED) is 0.720. The first-order valence-electron chi connectivity index (χ1n) is 6.75. The Morgan fingerprint density at radius 1 is 1.61 bits per heavy atom. The van der Waals surface area contributed by atoms with Crippen LogP contribution in [-0.4, -0.2) is 54.7 Å². The average molecular weight is 257 g/mol. The van der Waals surface area contributed by atoms with E-state index >= 15 is 0 Å². The van der Waals surface area contributed by atoms with Gasteiger partial charge in [0.2, 0.25) is 5.91 Å². The molecule has 0 radical (unpaired) electrons. The van der Waals surface area contributed by atoms with Gasteiger partial charge in [-0.2, -0.15) is 0 Å². The molecule has 0 aromatic rings. The Morgan fingerprint density at radius 3 is 2.78 bits per heavy atom. The number of nitrogens with two attached hydrogens (primary N) is 1. The van der Waals surface area contributed by atoms with Crippen molar-refractivity contribution in [2.45, 2.75) is 51.8 Å². The van der Waals surface area contributed by atoms with Gasteiger partial charge >= 0.3 is 0 Å². The van der Waals surface area contributed by atoms with Crippen LogP contribution in [0.15, 0.2) is 0 Å². The lowest BCUT2D eigenvalue weighted by Crippen LogP contribution is -2.57. The number of primary amides is 1. The number of nitrogens with zero attached hydrogens (tertiary/aromatic N) is 1. The Morgan fingerprint density at radius 2 is 2.28 bits per heavy atom. The second-order valence-electron chi connectivity index (χ2n) is 5.73. The molecule has 0 bridgehead atoms. The summed E-state index contributed by atoms with van der Waals surface area (Å²) in [5.74, 6) is -0.280. The summed E-state index contributed by atoms with van der Waals surface area (Å²) >= 11 is 0. The molecule has 1 heterocycles. The number of carbonyl (C=O) groups is 1. The van der Waals surface area contributed by atoms with Gasteiger partial charge in [0, 0.05) is 25.7 Å². The molecule has 0 aromatic heterocycles. The molecule has 0 aliphatic carbocycles. The Kier molecular flexibility index (Phi) is 5.56. The maximum absolute atomic E-state index is 11.6. The van der Waals surface area contributed by atoms with Gasteiger partial charge in [-0.3, -0.25) is 9.69 Å². The third-order valence-corrected chi connectivity index (χ3v) is 3.40. The van der Waals surface area contributed by atoms with Crippen molar-refractivity contribution in [1.82, 2.24) is 10.2 Å². The normalized spacial score (nSPS) is 25.1. The van der Waals surface area contributed by atoms with E-state index in [4.69, 9.17) is 10.5 Å². The summed E-state index contributed by atoms with van der Waals surface area (Å²) in [6, 6.07) is 0.242. The van der Waals surface area contributed by atoms with E-state index in [-0.39, 0.29) is 18.1 Å². The molecule has 3 N–H and O–H groups in total. The van der Waals surface area contributed by atoms with E-state index in [9.17, 15) is 4.79 Å². The van der Waals surface area contributed by atoms with Crippen LogP contribution < -0.4 is 11.1 Å². The molecule has 0 aromatic carbocycles. The van der Waals surface area contributed by atoms with Gasteiger partial charge in [0.25, 0.3) is 0 Å². The fraction of sp³-hybridized carbons (Fsp3) is 0.923. The second-order valence-corrected chi connectivity index (χ2v) is 5.73. The van der Waals surface area contributed by atoms with Gasteiger partial charge in [0.1, 0.15) is 0 Å². The topological polar surface area (TPSA) is 67.6 Å². The summed E-state index contributed by atoms with van der Waals surface area (Å²) in [5.41, 5.74) is 4.89. The molecule has 1 saturated heterocycles. The fourth-order valence-corrected chi connectivity index (χ4v) is 2.38. The number of hydrogen-bond acceptors (Lipinski definition) is 4. The van der Waals surface area contributed by atoms with E-state index in [1.807, 2.05) is 20.8 Å². The number of ether oxygens (including phenoxy) is 1. The van der Waals surface area contributed by atoms with E-state index in [0.29, 0.717) is 0 Å². The molecular formula is C13H27N3O2. The monoisotopic (exact) mass is 257 g/mol. The zero-order valence-corrected chi connectivity index (χ0v) is 12.0. The van der Waals surface area contributed by atoms with E-state index < -0.39 is 5.54 Å². The highest BCUT2D eigenvalue weighted by Gasteiger charge is 2.32. The third-order valence-electron chi connectivity index (χ3n) is 3.40. The highest BCUT2D eigenvalue weighted by Crippen LogP contribution is 2.13. The van der Waals surface area contributed by atoms with Gasteiger partial charge in [0.15, 0.2) is 0 Å². The minimum atomic E-state index is -0.629. The number of hydrogen-bond donors (Lipinski definition) is 2. The molecule has 1 aliphatic rings. The van der Waals surface area contributed by atoms with Crippen LogP contribution in [0.5, 0.6) is 0 Å². The van der Waals surface area contributed by atoms with Crippen molar-refractivity contribution in [3.05, 3.63) is 0 Å². The Balaban J connectivity index is 2.49. The van der Waals surface area contributed by atoms with Gasteiger partial charge in [-0.25, -0.2) is 0 Å². The number of carbonyl (C=O) groups excluding carboxylic acids is 1. The molecule has 106 valence electrons. The van der Waals surface area contributed by atoms with Crippen LogP contribution >= 0.6 is 0 Å². The Bertz CT molecular complexity index is 283. The van der Waals surface area contributed by atoms with Crippen molar-refractivity contribution >= 4 is 5.91 Å². The lowest BCUT2D eigenvalue weighted by molar-refractivity contribution is -0.124. The first-order chi connectivity index (χ1) is 8.33. The standard InChI is InChI=1S/C13H27N3O2/c1-10(2)15-13(4,12(14)17)5-6-16-7-8-18-11(3)9-16/h10-11,15H,5-9H2,1-4H3,(H2,14,17). The van der Waals surface area contributed by atoms with Crippen LogP contribution in [0.3, 0.4) is 0 Å². The first kappa shape index (κ1) is 15.4. The molecule has 2 atom stereocenters. The van der Waals surface area contributed by atoms with Gasteiger partial charge in [-0.1, -0.05) is 0 Å². The molecule has 2 unspecified atom stereocenters. The predicted molar refractivity (Wildman–Crippen MR) is 72.3 cm³/mol. The van der Waals surface area contributed by atoms with Crippen LogP contribution in [0.4, 0.5) is 0 Å². The van der Waals surface area contributed by atoms with Crippen LogP contribution in [0, 0.1) is 0 Å². The Hall–Kier alpha value is -0.650. The molecule has 1 rings (SSSR count). The van der Waals surface area contributed by atoms with E-state index in [2.05, 4.69) is 17.1 Å². The molecule has 1 amide bonds. The number of amides is 1. The molecule has 5 heteroatoms. The minimum absolute atomic E-state index is 0.242. The minimum Gasteiger partial charge on any atom is -0.376 e. The van der Waals surface area contributed by atoms with Crippen LogP contribution in [0.1, 0.15) is 34.1 Å². The summed E-state index contributed by atoms with van der Waals surface area (Å²) in [7, 11) is 0.